The van der Waals surface area contributed by atoms with Gasteiger partial charge in [-0.1, -0.05) is 61.9 Å². The van der Waals surface area contributed by atoms with E-state index < -0.39 is 25.3 Å². The maximum Gasteiger partial charge on any atom is 0.459 e. The molecule has 2 aromatic heterocycles. The Hall–Kier alpha value is -4.36. The van der Waals surface area contributed by atoms with Gasteiger partial charge in [0.25, 0.3) is 5.56 Å². The second-order valence-corrected chi connectivity index (χ2v) is 11.8. The number of benzene rings is 2. The van der Waals surface area contributed by atoms with Crippen LogP contribution in [0.15, 0.2) is 76.8 Å². The number of para-hydroxylation sites is 1. The first-order chi connectivity index (χ1) is 21.8. The van der Waals surface area contributed by atoms with E-state index in [-0.39, 0.29) is 50.1 Å². The van der Waals surface area contributed by atoms with Crippen molar-refractivity contribution >= 4 is 37.2 Å². The number of nitrogens with zero attached hydrogens (tertiary/aromatic N) is 5. The summed E-state index contributed by atoms with van der Waals surface area (Å²) in [5.74, 6) is -0.150. The van der Waals surface area contributed by atoms with Crippen molar-refractivity contribution in [1.29, 1.82) is 0 Å². The molecule has 240 valence electrons. The van der Waals surface area contributed by atoms with Crippen LogP contribution < -0.4 is 15.2 Å². The van der Waals surface area contributed by atoms with Crippen LogP contribution in [0, 0.1) is 0 Å². The number of H-pyrrole nitrogens is 1. The average Bonchev–Trinajstić information content (AvgIpc) is 3.44. The number of carbonyl (C=O) groups excluding carboxylic acids is 1. The fourth-order valence-electron chi connectivity index (χ4n) is 4.00. The van der Waals surface area contributed by atoms with Gasteiger partial charge in [-0.05, 0) is 30.5 Å². The highest BCUT2D eigenvalue weighted by Gasteiger charge is 2.34. The summed E-state index contributed by atoms with van der Waals surface area (Å²) in [6, 6.07) is 16.8. The zero-order chi connectivity index (χ0) is 32.1. The normalized spacial score (nSPS) is 13.5. The molecule has 4 rings (SSSR count). The van der Waals surface area contributed by atoms with Gasteiger partial charge in [-0.15, -0.1) is 0 Å². The van der Waals surface area contributed by atoms with E-state index in [2.05, 4.69) is 25.0 Å². The Morgan fingerprint density at radius 3 is 2.56 bits per heavy atom. The first-order valence-electron chi connectivity index (χ1n) is 14.5. The number of aliphatic imine (C=N–C) groups is 1. The molecule has 1 unspecified atom stereocenters. The molecule has 15 heteroatoms. The summed E-state index contributed by atoms with van der Waals surface area (Å²) in [5, 5.41) is 2.82. The van der Waals surface area contributed by atoms with Crippen LogP contribution in [0.1, 0.15) is 25.3 Å². The number of rotatable bonds is 18. The van der Waals surface area contributed by atoms with Gasteiger partial charge in [0.1, 0.15) is 18.5 Å². The SMILES string of the molecule is CCCCOC(=O)[C@H](Cc1ccccc1)NP(=O)(OCCOCn1cnc2c(=O)[nH]c(N=CN(C)C)nc21)Oc1ccccc1. The van der Waals surface area contributed by atoms with Crippen molar-refractivity contribution in [3.8, 4) is 5.75 Å². The molecule has 0 amide bonds. The highest BCUT2D eigenvalue weighted by atomic mass is 31.2. The largest absolute Gasteiger partial charge is 0.465 e. The molecule has 4 aromatic rings. The summed E-state index contributed by atoms with van der Waals surface area (Å²) in [4.78, 5) is 42.4. The summed E-state index contributed by atoms with van der Waals surface area (Å²) in [6.45, 7) is 2.05. The Bertz CT molecular complexity index is 1640. The van der Waals surface area contributed by atoms with Crippen molar-refractivity contribution < 1.29 is 27.9 Å². The lowest BCUT2D eigenvalue weighted by molar-refractivity contribution is -0.145. The van der Waals surface area contributed by atoms with E-state index in [0.717, 1.165) is 12.0 Å². The van der Waals surface area contributed by atoms with Gasteiger partial charge in [0.15, 0.2) is 11.2 Å². The van der Waals surface area contributed by atoms with E-state index in [9.17, 15) is 14.2 Å². The zero-order valence-electron chi connectivity index (χ0n) is 25.5. The van der Waals surface area contributed by atoms with Crippen LogP contribution in [0.25, 0.3) is 11.2 Å². The highest BCUT2D eigenvalue weighted by molar-refractivity contribution is 7.52. The van der Waals surface area contributed by atoms with Crippen molar-refractivity contribution in [3.05, 3.63) is 82.9 Å². The molecule has 0 aliphatic rings. The Morgan fingerprint density at radius 2 is 1.84 bits per heavy atom. The molecule has 2 aromatic carbocycles. The summed E-state index contributed by atoms with van der Waals surface area (Å²) in [6.07, 6.45) is 4.70. The van der Waals surface area contributed by atoms with Gasteiger partial charge in [0, 0.05) is 14.1 Å². The molecule has 0 aliphatic heterocycles. The third kappa shape index (κ3) is 10.4. The minimum atomic E-state index is -4.12. The Labute approximate surface area is 261 Å². The van der Waals surface area contributed by atoms with Crippen molar-refractivity contribution in [2.45, 2.75) is 39.0 Å². The van der Waals surface area contributed by atoms with Crippen LogP contribution in [0.4, 0.5) is 5.95 Å². The molecule has 45 heavy (non-hydrogen) atoms. The molecule has 14 nitrogen and oxygen atoms in total. The van der Waals surface area contributed by atoms with Crippen LogP contribution >= 0.6 is 7.75 Å². The van der Waals surface area contributed by atoms with Gasteiger partial charge in [-0.25, -0.2) is 14.5 Å². The second kappa shape index (κ2) is 16.6. The van der Waals surface area contributed by atoms with Gasteiger partial charge < -0.3 is 18.9 Å². The lowest BCUT2D eigenvalue weighted by Crippen LogP contribution is -2.39. The first-order valence-corrected chi connectivity index (χ1v) is 16.0. The molecule has 0 spiro atoms. The molecule has 0 fully saturated rings. The molecule has 0 bridgehead atoms. The number of nitrogens with one attached hydrogen (secondary N) is 2. The first kappa shape index (κ1) is 33.5. The standard InChI is InChI=1S/C30H38N7O7P/c1-4-5-16-42-29(39)25(19-23-12-8-6-9-13-23)35-45(40,44-24-14-10-7-11-15-24)43-18-17-41-22-37-21-31-26-27(37)33-30(34-28(26)38)32-20-36(2)3/h6-15,20-21,25H,4-5,16-19,22H2,1-3H3,(H,35,40)(H,33,34,38)/t25-,45?/m0/s1. The lowest BCUT2D eigenvalue weighted by Gasteiger charge is -2.25. The van der Waals surface area contributed by atoms with E-state index >= 15 is 0 Å². The Balaban J connectivity index is 1.44. The molecule has 2 atom stereocenters. The number of hydrogen-bond donors (Lipinski definition) is 2. The molecule has 2 N–H and O–H groups in total. The second-order valence-electron chi connectivity index (χ2n) is 10.1. The lowest BCUT2D eigenvalue weighted by atomic mass is 10.1. The summed E-state index contributed by atoms with van der Waals surface area (Å²) >= 11 is 0. The van der Waals surface area contributed by atoms with Crippen molar-refractivity contribution in [1.82, 2.24) is 29.5 Å². The van der Waals surface area contributed by atoms with Crippen molar-refractivity contribution in [2.24, 2.45) is 4.99 Å². The number of hydrogen-bond acceptors (Lipinski definition) is 10. The zero-order valence-corrected chi connectivity index (χ0v) is 26.4. The van der Waals surface area contributed by atoms with E-state index in [4.69, 9.17) is 18.5 Å². The monoisotopic (exact) mass is 639 g/mol. The van der Waals surface area contributed by atoms with Gasteiger partial charge in [-0.3, -0.25) is 23.7 Å². The van der Waals surface area contributed by atoms with Crippen LogP contribution in [0.5, 0.6) is 5.75 Å². The predicted molar refractivity (Wildman–Crippen MR) is 170 cm³/mol. The third-order valence-electron chi connectivity index (χ3n) is 6.18. The molecular weight excluding hydrogens is 601 g/mol. The predicted octanol–water partition coefficient (Wildman–Crippen LogP) is 4.06. The number of unbranched alkanes of at least 4 members (excludes halogenated alkanes) is 1. The van der Waals surface area contributed by atoms with E-state index in [1.807, 2.05) is 37.3 Å². The van der Waals surface area contributed by atoms with Crippen LogP contribution in [-0.2, 0) is 36.5 Å². The fraction of sp³-hybridized carbons (Fsp3) is 0.367. The van der Waals surface area contributed by atoms with E-state index in [1.54, 1.807) is 53.9 Å². The van der Waals surface area contributed by atoms with Crippen LogP contribution in [0.2, 0.25) is 0 Å². The van der Waals surface area contributed by atoms with E-state index in [0.29, 0.717) is 12.2 Å². The van der Waals surface area contributed by atoms with Gasteiger partial charge in [0.2, 0.25) is 5.95 Å². The topological polar surface area (TPSA) is 162 Å². The summed E-state index contributed by atoms with van der Waals surface area (Å²) in [5.41, 5.74) is 0.832. The van der Waals surface area contributed by atoms with Gasteiger partial charge >= 0.3 is 13.7 Å². The molecular formula is C30H38N7O7P. The highest BCUT2D eigenvalue weighted by Crippen LogP contribution is 2.45. The maximum absolute atomic E-state index is 14.1. The van der Waals surface area contributed by atoms with Gasteiger partial charge in [0.05, 0.1) is 32.5 Å². The number of aromatic nitrogens is 4. The maximum atomic E-state index is 14.1. The van der Waals surface area contributed by atoms with Crippen LogP contribution in [0.3, 0.4) is 0 Å². The number of fused-ring (bicyclic) bond motifs is 1. The minimum Gasteiger partial charge on any atom is -0.465 e. The smallest absolute Gasteiger partial charge is 0.459 e. The minimum absolute atomic E-state index is 0.0113. The third-order valence-corrected chi connectivity index (χ3v) is 7.79. The number of imidazole rings is 1. The number of ether oxygens (including phenoxy) is 2. The van der Waals surface area contributed by atoms with Crippen molar-refractivity contribution in [2.75, 3.05) is 33.9 Å². The molecule has 0 saturated heterocycles. The summed E-state index contributed by atoms with van der Waals surface area (Å²) in [7, 11) is -0.536. The number of carbonyl (C=O) groups is 1. The Morgan fingerprint density at radius 1 is 1.11 bits per heavy atom. The molecule has 0 aliphatic carbocycles. The molecule has 0 radical (unpaired) electrons. The molecule has 0 saturated carbocycles. The number of aromatic amines is 1. The average molecular weight is 640 g/mol. The summed E-state index contributed by atoms with van der Waals surface area (Å²) < 4.78 is 38.4. The fourth-order valence-corrected chi connectivity index (χ4v) is 5.47. The molecule has 2 heterocycles. The van der Waals surface area contributed by atoms with E-state index in [1.165, 1.54) is 12.7 Å². The van der Waals surface area contributed by atoms with Crippen molar-refractivity contribution in [3.63, 3.8) is 0 Å². The Kier molecular flexibility index (Phi) is 12.4. The van der Waals surface area contributed by atoms with Gasteiger partial charge in [-0.2, -0.15) is 10.1 Å². The number of esters is 1. The van der Waals surface area contributed by atoms with Crippen LogP contribution in [-0.4, -0.2) is 76.7 Å². The quantitative estimate of drug-likeness (QED) is 0.0531.